The summed E-state index contributed by atoms with van der Waals surface area (Å²) in [6.45, 7) is 2.34. The number of anilines is 1. The molecule has 0 unspecified atom stereocenters. The van der Waals surface area contributed by atoms with Crippen LogP contribution in [0, 0.1) is 0 Å². The molecule has 0 aliphatic carbocycles. The summed E-state index contributed by atoms with van der Waals surface area (Å²) in [6, 6.07) is 6.88. The van der Waals surface area contributed by atoms with E-state index in [4.69, 9.17) is 11.6 Å². The van der Waals surface area contributed by atoms with Gasteiger partial charge in [0.2, 0.25) is 0 Å². The number of aryl methyl sites for hydroxylation is 2. The molecular weight excluding hydrogens is 290 g/mol. The van der Waals surface area contributed by atoms with Crippen molar-refractivity contribution in [1.29, 1.82) is 0 Å². The quantitative estimate of drug-likeness (QED) is 0.818. The molecule has 2 aromatic rings. The van der Waals surface area contributed by atoms with Crippen LogP contribution in [0.1, 0.15) is 28.7 Å². The fourth-order valence-corrected chi connectivity index (χ4v) is 2.66. The highest BCUT2D eigenvalue weighted by molar-refractivity contribution is 6.52. The number of hydrogen-bond donors (Lipinski definition) is 0. The van der Waals surface area contributed by atoms with Gasteiger partial charge in [-0.1, -0.05) is 18.5 Å². The summed E-state index contributed by atoms with van der Waals surface area (Å²) in [5.74, 6) is -1.03. The predicted molar refractivity (Wildman–Crippen MR) is 79.6 cm³/mol. The molecule has 0 atom stereocenters. The molecule has 1 aromatic carbocycles. The van der Waals surface area contributed by atoms with Crippen molar-refractivity contribution in [2.24, 2.45) is 7.05 Å². The molecule has 0 radical (unpaired) electrons. The summed E-state index contributed by atoms with van der Waals surface area (Å²) < 4.78 is 1.74. The molecule has 2 heterocycles. The van der Waals surface area contributed by atoms with Crippen LogP contribution >= 0.6 is 11.6 Å². The molecule has 0 fully saturated rings. The molecule has 21 heavy (non-hydrogen) atoms. The van der Waals surface area contributed by atoms with Crippen LogP contribution in [0.25, 0.3) is 0 Å². The summed E-state index contributed by atoms with van der Waals surface area (Å²) in [4.78, 5) is 25.7. The molecule has 108 valence electrons. The zero-order chi connectivity index (χ0) is 15.1. The van der Waals surface area contributed by atoms with E-state index in [-0.39, 0.29) is 0 Å². The Labute approximate surface area is 127 Å². The number of benzene rings is 1. The number of amides is 1. The second-order valence-electron chi connectivity index (χ2n) is 4.99. The predicted octanol–water partition coefficient (Wildman–Crippen LogP) is 2.37. The minimum absolute atomic E-state index is 0.322. The molecule has 5 nitrogen and oxygen atoms in total. The Morgan fingerprint density at radius 2 is 2.00 bits per heavy atom. The van der Waals surface area contributed by atoms with Gasteiger partial charge < -0.3 is 0 Å². The molecule has 1 aliphatic heterocycles. The fraction of sp³-hybridized carbons (Fsp3) is 0.267. The van der Waals surface area contributed by atoms with Crippen molar-refractivity contribution in [2.45, 2.75) is 19.9 Å². The first-order chi connectivity index (χ1) is 10.0. The summed E-state index contributed by atoms with van der Waals surface area (Å²) in [5, 5.41) is 4.81. The van der Waals surface area contributed by atoms with E-state index in [2.05, 4.69) is 5.10 Å². The number of ketones is 1. The lowest BCUT2D eigenvalue weighted by molar-refractivity contribution is -0.114. The number of aromatic nitrogens is 2. The number of fused-ring (bicyclic) bond motifs is 1. The van der Waals surface area contributed by atoms with Gasteiger partial charge in [-0.2, -0.15) is 5.10 Å². The Bertz CT molecular complexity index is 751. The van der Waals surface area contributed by atoms with Gasteiger partial charge in [0.15, 0.2) is 0 Å². The Kier molecular flexibility index (Phi) is 3.29. The van der Waals surface area contributed by atoms with Crippen molar-refractivity contribution >= 4 is 29.0 Å². The molecule has 0 bridgehead atoms. The van der Waals surface area contributed by atoms with Crippen LogP contribution in [0.4, 0.5) is 5.69 Å². The topological polar surface area (TPSA) is 55.2 Å². The first kappa shape index (κ1) is 13.8. The SMILES string of the molecule is CCc1cc(CN2C(=O)C(=O)c3cc(Cl)ccc32)n(C)n1. The summed E-state index contributed by atoms with van der Waals surface area (Å²) in [7, 11) is 1.83. The zero-order valence-electron chi connectivity index (χ0n) is 11.8. The molecule has 0 saturated heterocycles. The van der Waals surface area contributed by atoms with Gasteiger partial charge in [0, 0.05) is 12.1 Å². The maximum Gasteiger partial charge on any atom is 0.299 e. The van der Waals surface area contributed by atoms with Gasteiger partial charge in [0.25, 0.3) is 11.7 Å². The van der Waals surface area contributed by atoms with Crippen molar-refractivity contribution in [3.63, 3.8) is 0 Å². The highest BCUT2D eigenvalue weighted by atomic mass is 35.5. The Morgan fingerprint density at radius 1 is 1.24 bits per heavy atom. The first-order valence-electron chi connectivity index (χ1n) is 6.68. The Morgan fingerprint density at radius 3 is 2.67 bits per heavy atom. The molecular formula is C15H14ClN3O2. The van der Waals surface area contributed by atoms with E-state index < -0.39 is 11.7 Å². The zero-order valence-corrected chi connectivity index (χ0v) is 12.5. The highest BCUT2D eigenvalue weighted by Gasteiger charge is 2.36. The molecule has 0 saturated carbocycles. The number of carbonyl (C=O) groups excluding carboxylic acids is 2. The first-order valence-corrected chi connectivity index (χ1v) is 7.06. The highest BCUT2D eigenvalue weighted by Crippen LogP contribution is 2.32. The number of hydrogen-bond acceptors (Lipinski definition) is 3. The van der Waals surface area contributed by atoms with Gasteiger partial charge in [-0.15, -0.1) is 0 Å². The van der Waals surface area contributed by atoms with E-state index in [0.29, 0.717) is 22.8 Å². The summed E-state index contributed by atoms with van der Waals surface area (Å²) in [6.07, 6.45) is 0.826. The van der Waals surface area contributed by atoms with E-state index in [1.165, 1.54) is 11.0 Å². The smallest absolute Gasteiger partial charge is 0.299 e. The number of rotatable bonds is 3. The van der Waals surface area contributed by atoms with Crippen LogP contribution in [0.3, 0.4) is 0 Å². The van der Waals surface area contributed by atoms with Crippen molar-refractivity contribution < 1.29 is 9.59 Å². The van der Waals surface area contributed by atoms with Gasteiger partial charge in [-0.25, -0.2) is 0 Å². The number of halogens is 1. The molecule has 1 aliphatic rings. The van der Waals surface area contributed by atoms with Crippen LogP contribution in [0.2, 0.25) is 5.02 Å². The number of nitrogens with zero attached hydrogens (tertiary/aromatic N) is 3. The fourth-order valence-electron chi connectivity index (χ4n) is 2.48. The van der Waals surface area contributed by atoms with Crippen LogP contribution in [-0.2, 0) is 24.8 Å². The maximum atomic E-state index is 12.2. The second-order valence-corrected chi connectivity index (χ2v) is 5.42. The second kappa shape index (κ2) is 5.00. The van der Waals surface area contributed by atoms with Gasteiger partial charge in [-0.05, 0) is 30.7 Å². The van der Waals surface area contributed by atoms with Crippen molar-refractivity contribution in [3.8, 4) is 0 Å². The van der Waals surface area contributed by atoms with Crippen LogP contribution in [-0.4, -0.2) is 21.5 Å². The van der Waals surface area contributed by atoms with Crippen molar-refractivity contribution in [2.75, 3.05) is 4.90 Å². The Balaban J connectivity index is 1.98. The average Bonchev–Trinajstić information content (AvgIpc) is 2.93. The molecule has 1 amide bonds. The third-order valence-electron chi connectivity index (χ3n) is 3.64. The normalized spacial score (nSPS) is 14.0. The Hall–Kier alpha value is -2.14. The molecule has 0 N–H and O–H groups in total. The van der Waals surface area contributed by atoms with Gasteiger partial charge in [0.05, 0.1) is 29.2 Å². The van der Waals surface area contributed by atoms with E-state index in [1.807, 2.05) is 20.0 Å². The number of Topliss-reactive ketones (excluding diaryl/α,β-unsaturated/α-hetero) is 1. The summed E-state index contributed by atoms with van der Waals surface area (Å²) >= 11 is 5.90. The minimum Gasteiger partial charge on any atom is -0.299 e. The van der Waals surface area contributed by atoms with Crippen LogP contribution in [0.15, 0.2) is 24.3 Å². The molecule has 6 heteroatoms. The summed E-state index contributed by atoms with van der Waals surface area (Å²) in [5.41, 5.74) is 2.82. The lowest BCUT2D eigenvalue weighted by atomic mass is 10.1. The third-order valence-corrected chi connectivity index (χ3v) is 3.88. The van der Waals surface area contributed by atoms with E-state index >= 15 is 0 Å². The monoisotopic (exact) mass is 303 g/mol. The molecule has 1 aromatic heterocycles. The van der Waals surface area contributed by atoms with E-state index in [9.17, 15) is 9.59 Å². The van der Waals surface area contributed by atoms with Gasteiger partial charge >= 0.3 is 0 Å². The minimum atomic E-state index is -0.522. The standard InChI is InChI=1S/C15H14ClN3O2/c1-3-10-7-11(18(2)17-10)8-19-13-5-4-9(16)6-12(13)14(20)15(19)21/h4-7H,3,8H2,1-2H3. The lowest BCUT2D eigenvalue weighted by Crippen LogP contribution is -2.30. The van der Waals surface area contributed by atoms with Gasteiger partial charge in [0.1, 0.15) is 0 Å². The van der Waals surface area contributed by atoms with Crippen molar-refractivity contribution in [3.05, 3.63) is 46.2 Å². The third kappa shape index (κ3) is 2.23. The molecule has 0 spiro atoms. The van der Waals surface area contributed by atoms with Gasteiger partial charge in [-0.3, -0.25) is 19.2 Å². The van der Waals surface area contributed by atoms with E-state index in [0.717, 1.165) is 17.8 Å². The lowest BCUT2D eigenvalue weighted by Gasteiger charge is -2.16. The van der Waals surface area contributed by atoms with Crippen molar-refractivity contribution in [1.82, 2.24) is 9.78 Å². The average molecular weight is 304 g/mol. The maximum absolute atomic E-state index is 12.2. The van der Waals surface area contributed by atoms with Crippen LogP contribution < -0.4 is 4.90 Å². The number of carbonyl (C=O) groups is 2. The largest absolute Gasteiger partial charge is 0.299 e. The van der Waals surface area contributed by atoms with E-state index in [1.54, 1.807) is 16.8 Å². The van der Waals surface area contributed by atoms with Crippen LogP contribution in [0.5, 0.6) is 0 Å². The molecule has 3 rings (SSSR count).